The minimum atomic E-state index is -0.440. The van der Waals surface area contributed by atoms with Crippen molar-refractivity contribution in [1.29, 1.82) is 0 Å². The Kier molecular flexibility index (Phi) is 7.89. The van der Waals surface area contributed by atoms with E-state index in [2.05, 4.69) is 43.0 Å². The van der Waals surface area contributed by atoms with Crippen molar-refractivity contribution < 1.29 is 4.79 Å². The number of aromatic amines is 1. The highest BCUT2D eigenvalue weighted by Gasteiger charge is 2.20. The lowest BCUT2D eigenvalue weighted by molar-refractivity contribution is -0.116. The quantitative estimate of drug-likeness (QED) is 0.484. The molecule has 8 nitrogen and oxygen atoms in total. The highest BCUT2D eigenvalue weighted by molar-refractivity contribution is 5.90. The number of rotatable bonds is 10. The van der Waals surface area contributed by atoms with E-state index in [1.165, 1.54) is 4.57 Å². The minimum Gasteiger partial charge on any atom is -0.326 e. The third-order valence-corrected chi connectivity index (χ3v) is 5.66. The number of nitrogens with zero attached hydrogens (tertiary/aromatic N) is 3. The average Bonchev–Trinajstić information content (AvgIpc) is 3.10. The molecule has 2 heterocycles. The zero-order valence-electron chi connectivity index (χ0n) is 20.3. The molecule has 0 aliphatic rings. The summed E-state index contributed by atoms with van der Waals surface area (Å²) >= 11 is 0. The second-order valence-electron chi connectivity index (χ2n) is 9.30. The zero-order valence-corrected chi connectivity index (χ0v) is 20.3. The van der Waals surface area contributed by atoms with Crippen LogP contribution in [0.2, 0.25) is 0 Å². The molecule has 1 aromatic carbocycles. The Hall–Kier alpha value is -3.16. The molecule has 0 aliphatic carbocycles. The molecule has 178 valence electrons. The predicted octanol–water partition coefficient (Wildman–Crippen LogP) is 4.04. The molecule has 2 aromatic heterocycles. The predicted molar refractivity (Wildman–Crippen MR) is 132 cm³/mol. The van der Waals surface area contributed by atoms with E-state index in [1.54, 1.807) is 0 Å². The molecule has 0 spiro atoms. The fraction of sp³-hybridized carbons (Fsp3) is 0.520. The standard InChI is InChI=1S/C25H35N5O3/c1-6-7-13-29-23-22(24(32)28-25(29)33)30(15-16(2)3)20(27-23)11-12-21(31)26-19-10-8-9-18(14-19)17(4)5/h8-10,14,16-17H,6-7,11-13,15H2,1-5H3,(H,26,31)(H,28,32,33). The minimum absolute atomic E-state index is 0.114. The number of nitrogens with one attached hydrogen (secondary N) is 2. The lowest BCUT2D eigenvalue weighted by Crippen LogP contribution is -2.31. The topological polar surface area (TPSA) is 102 Å². The van der Waals surface area contributed by atoms with Gasteiger partial charge in [0.05, 0.1) is 0 Å². The molecule has 0 unspecified atom stereocenters. The van der Waals surface area contributed by atoms with E-state index in [4.69, 9.17) is 0 Å². The maximum Gasteiger partial charge on any atom is 0.330 e. The summed E-state index contributed by atoms with van der Waals surface area (Å²) in [6.45, 7) is 11.5. The van der Waals surface area contributed by atoms with E-state index in [0.29, 0.717) is 42.4 Å². The molecule has 0 fully saturated rings. The van der Waals surface area contributed by atoms with E-state index in [-0.39, 0.29) is 18.2 Å². The fourth-order valence-corrected chi connectivity index (χ4v) is 3.92. The third-order valence-electron chi connectivity index (χ3n) is 5.66. The number of imidazole rings is 1. The SMILES string of the molecule is CCCCn1c(=O)[nH]c(=O)c2c1nc(CCC(=O)Nc1cccc(C(C)C)c1)n2CC(C)C. The number of fused-ring (bicyclic) bond motifs is 1. The molecule has 0 atom stereocenters. The van der Waals surface area contributed by atoms with Crippen LogP contribution in [0.4, 0.5) is 5.69 Å². The first-order valence-corrected chi connectivity index (χ1v) is 11.8. The smallest absolute Gasteiger partial charge is 0.326 e. The molecule has 3 rings (SSSR count). The van der Waals surface area contributed by atoms with Crippen LogP contribution in [0.15, 0.2) is 33.9 Å². The van der Waals surface area contributed by atoms with Gasteiger partial charge in [-0.1, -0.05) is 53.2 Å². The summed E-state index contributed by atoms with van der Waals surface area (Å²) in [5, 5.41) is 2.96. The van der Waals surface area contributed by atoms with Crippen LogP contribution in [0, 0.1) is 5.92 Å². The van der Waals surface area contributed by atoms with Crippen molar-refractivity contribution >= 4 is 22.8 Å². The van der Waals surface area contributed by atoms with Gasteiger partial charge in [0, 0.05) is 31.6 Å². The van der Waals surface area contributed by atoms with Crippen molar-refractivity contribution in [3.63, 3.8) is 0 Å². The maximum atomic E-state index is 12.7. The second-order valence-corrected chi connectivity index (χ2v) is 9.30. The van der Waals surface area contributed by atoms with Gasteiger partial charge in [-0.05, 0) is 36.0 Å². The van der Waals surface area contributed by atoms with Gasteiger partial charge in [-0.2, -0.15) is 0 Å². The van der Waals surface area contributed by atoms with Gasteiger partial charge >= 0.3 is 5.69 Å². The summed E-state index contributed by atoms with van der Waals surface area (Å²) in [6, 6.07) is 7.85. The number of hydrogen-bond donors (Lipinski definition) is 2. The van der Waals surface area contributed by atoms with Gasteiger partial charge in [-0.3, -0.25) is 19.1 Å². The molecule has 2 N–H and O–H groups in total. The molecular weight excluding hydrogens is 418 g/mol. The number of aryl methyl sites for hydroxylation is 2. The fourth-order valence-electron chi connectivity index (χ4n) is 3.92. The zero-order chi connectivity index (χ0) is 24.1. The molecule has 8 heteroatoms. The van der Waals surface area contributed by atoms with Gasteiger partial charge in [0.2, 0.25) is 5.91 Å². The number of carbonyl (C=O) groups excluding carboxylic acids is 1. The van der Waals surface area contributed by atoms with E-state index in [9.17, 15) is 14.4 Å². The van der Waals surface area contributed by atoms with Gasteiger partial charge in [0.25, 0.3) is 5.56 Å². The highest BCUT2D eigenvalue weighted by Crippen LogP contribution is 2.19. The lowest BCUT2D eigenvalue weighted by atomic mass is 10.0. The Bertz CT molecular complexity index is 1230. The molecular formula is C25H35N5O3. The second kappa shape index (κ2) is 10.6. The number of anilines is 1. The number of benzene rings is 1. The molecule has 1 amide bonds. The normalized spacial score (nSPS) is 11.6. The number of carbonyl (C=O) groups is 1. The Morgan fingerprint density at radius 2 is 1.91 bits per heavy atom. The molecule has 3 aromatic rings. The van der Waals surface area contributed by atoms with E-state index in [0.717, 1.165) is 24.1 Å². The van der Waals surface area contributed by atoms with Crippen molar-refractivity contribution in [2.24, 2.45) is 5.92 Å². The van der Waals surface area contributed by atoms with Gasteiger partial charge in [-0.15, -0.1) is 0 Å². The first-order chi connectivity index (χ1) is 15.7. The Labute approximate surface area is 194 Å². The van der Waals surface area contributed by atoms with Crippen LogP contribution in [-0.2, 0) is 24.3 Å². The Morgan fingerprint density at radius 3 is 2.58 bits per heavy atom. The number of H-pyrrole nitrogens is 1. The monoisotopic (exact) mass is 453 g/mol. The number of unbranched alkanes of at least 4 members (excludes halogenated alkanes) is 1. The van der Waals surface area contributed by atoms with Gasteiger partial charge in [0.15, 0.2) is 11.2 Å². The van der Waals surface area contributed by atoms with Crippen LogP contribution in [0.3, 0.4) is 0 Å². The van der Waals surface area contributed by atoms with E-state index < -0.39 is 11.2 Å². The Balaban J connectivity index is 1.89. The van der Waals surface area contributed by atoms with Crippen LogP contribution < -0.4 is 16.6 Å². The first kappa shape index (κ1) is 24.5. The van der Waals surface area contributed by atoms with Crippen LogP contribution >= 0.6 is 0 Å². The summed E-state index contributed by atoms with van der Waals surface area (Å²) in [6.07, 6.45) is 2.33. The van der Waals surface area contributed by atoms with Gasteiger partial charge in [0.1, 0.15) is 5.82 Å². The van der Waals surface area contributed by atoms with Crippen LogP contribution in [0.1, 0.15) is 71.2 Å². The summed E-state index contributed by atoms with van der Waals surface area (Å²) in [5.41, 5.74) is 1.86. The van der Waals surface area contributed by atoms with Crippen molar-refractivity contribution in [2.45, 2.75) is 79.3 Å². The highest BCUT2D eigenvalue weighted by atomic mass is 16.2. The number of hydrogen-bond acceptors (Lipinski definition) is 4. The van der Waals surface area contributed by atoms with Crippen LogP contribution in [0.25, 0.3) is 11.2 Å². The maximum absolute atomic E-state index is 12.7. The number of amides is 1. The first-order valence-electron chi connectivity index (χ1n) is 11.8. The van der Waals surface area contributed by atoms with E-state index in [1.807, 2.05) is 35.8 Å². The van der Waals surface area contributed by atoms with Gasteiger partial charge in [-0.25, -0.2) is 9.78 Å². The molecule has 0 bridgehead atoms. The van der Waals surface area contributed by atoms with Crippen molar-refractivity contribution in [2.75, 3.05) is 5.32 Å². The summed E-state index contributed by atoms with van der Waals surface area (Å²) in [5.74, 6) is 1.17. The molecule has 0 aliphatic heterocycles. The Morgan fingerprint density at radius 1 is 1.15 bits per heavy atom. The van der Waals surface area contributed by atoms with Crippen molar-refractivity contribution in [3.05, 3.63) is 56.5 Å². The molecule has 0 saturated heterocycles. The lowest BCUT2D eigenvalue weighted by Gasteiger charge is -2.12. The summed E-state index contributed by atoms with van der Waals surface area (Å²) in [7, 11) is 0. The van der Waals surface area contributed by atoms with Crippen LogP contribution in [-0.4, -0.2) is 25.0 Å². The molecule has 0 saturated carbocycles. The van der Waals surface area contributed by atoms with Crippen molar-refractivity contribution in [3.8, 4) is 0 Å². The number of aromatic nitrogens is 4. The summed E-state index contributed by atoms with van der Waals surface area (Å²) in [4.78, 5) is 44.9. The van der Waals surface area contributed by atoms with Crippen molar-refractivity contribution in [1.82, 2.24) is 19.1 Å². The van der Waals surface area contributed by atoms with Crippen LogP contribution in [0.5, 0.6) is 0 Å². The average molecular weight is 454 g/mol. The molecule has 0 radical (unpaired) electrons. The van der Waals surface area contributed by atoms with Gasteiger partial charge < -0.3 is 9.88 Å². The van der Waals surface area contributed by atoms with E-state index >= 15 is 0 Å². The summed E-state index contributed by atoms with van der Waals surface area (Å²) < 4.78 is 3.41. The third kappa shape index (κ3) is 5.80. The molecule has 33 heavy (non-hydrogen) atoms. The largest absolute Gasteiger partial charge is 0.330 e.